The number of urea groups is 1. The molecule has 1 fully saturated rings. The number of carbonyl (C=O) groups is 3. The SMILES string of the molecule is CCOc1cc(/C=C2\C(=O)NC(=O)N(c3cc(Cl)ccc3C)C2=O)cc(Cl)c1OCc1c(C)ccc2ccccc12. The Morgan fingerprint density at radius 3 is 2.44 bits per heavy atom. The van der Waals surface area contributed by atoms with Crippen LogP contribution in [0.3, 0.4) is 0 Å². The first kappa shape index (κ1) is 28.2. The molecule has 0 aromatic heterocycles. The van der Waals surface area contributed by atoms with Crippen LogP contribution in [-0.4, -0.2) is 24.5 Å². The Kier molecular flexibility index (Phi) is 8.01. The van der Waals surface area contributed by atoms with E-state index in [0.717, 1.165) is 26.8 Å². The number of amides is 4. The van der Waals surface area contributed by atoms with E-state index in [1.165, 1.54) is 12.1 Å². The molecule has 0 radical (unpaired) electrons. The van der Waals surface area contributed by atoms with Crippen molar-refractivity contribution in [2.24, 2.45) is 0 Å². The molecule has 1 heterocycles. The molecule has 4 aromatic rings. The van der Waals surface area contributed by atoms with Crippen molar-refractivity contribution >= 4 is 63.6 Å². The summed E-state index contributed by atoms with van der Waals surface area (Å²) >= 11 is 12.8. The number of halogens is 2. The third-order valence-corrected chi connectivity index (χ3v) is 7.31. The molecular weight excluding hydrogens is 563 g/mol. The Morgan fingerprint density at radius 2 is 1.66 bits per heavy atom. The van der Waals surface area contributed by atoms with Crippen LogP contribution >= 0.6 is 23.2 Å². The number of ether oxygens (including phenoxy) is 2. The molecule has 0 atom stereocenters. The number of barbiturate groups is 1. The van der Waals surface area contributed by atoms with Gasteiger partial charge in [0.2, 0.25) is 0 Å². The van der Waals surface area contributed by atoms with Gasteiger partial charge in [-0.2, -0.15) is 0 Å². The summed E-state index contributed by atoms with van der Waals surface area (Å²) in [6.45, 7) is 6.17. The number of nitrogens with one attached hydrogen (secondary N) is 1. The lowest BCUT2D eigenvalue weighted by Crippen LogP contribution is -2.54. The molecule has 1 N–H and O–H groups in total. The highest BCUT2D eigenvalue weighted by atomic mass is 35.5. The average Bonchev–Trinajstić information content (AvgIpc) is 2.93. The predicted octanol–water partition coefficient (Wildman–Crippen LogP) is 7.41. The van der Waals surface area contributed by atoms with Crippen molar-refractivity contribution in [1.82, 2.24) is 5.32 Å². The van der Waals surface area contributed by atoms with Crippen molar-refractivity contribution in [3.05, 3.63) is 105 Å². The van der Waals surface area contributed by atoms with E-state index >= 15 is 0 Å². The highest BCUT2D eigenvalue weighted by Crippen LogP contribution is 2.39. The number of nitrogens with zero attached hydrogens (tertiary/aromatic N) is 1. The van der Waals surface area contributed by atoms with Crippen LogP contribution in [0.4, 0.5) is 10.5 Å². The number of carbonyl (C=O) groups excluding carboxylic acids is 3. The zero-order chi connectivity index (χ0) is 29.3. The highest BCUT2D eigenvalue weighted by Gasteiger charge is 2.37. The molecule has 1 aliphatic rings. The summed E-state index contributed by atoms with van der Waals surface area (Å²) in [5.41, 5.74) is 3.19. The molecule has 9 heteroatoms. The number of anilines is 1. The van der Waals surface area contributed by atoms with Gasteiger partial charge in [-0.1, -0.05) is 65.7 Å². The van der Waals surface area contributed by atoms with Gasteiger partial charge in [0.05, 0.1) is 17.3 Å². The van der Waals surface area contributed by atoms with Gasteiger partial charge in [-0.05, 0) is 78.6 Å². The quantitative estimate of drug-likeness (QED) is 0.179. The first-order valence-electron chi connectivity index (χ1n) is 12.9. The molecule has 41 heavy (non-hydrogen) atoms. The van der Waals surface area contributed by atoms with E-state index in [2.05, 4.69) is 11.4 Å². The lowest BCUT2D eigenvalue weighted by Gasteiger charge is -2.27. The predicted molar refractivity (Wildman–Crippen MR) is 161 cm³/mol. The van der Waals surface area contributed by atoms with E-state index in [-0.39, 0.29) is 22.9 Å². The number of fused-ring (bicyclic) bond motifs is 1. The normalized spacial score (nSPS) is 14.5. The Balaban J connectivity index is 1.49. The van der Waals surface area contributed by atoms with Gasteiger partial charge < -0.3 is 9.47 Å². The molecule has 0 unspecified atom stereocenters. The monoisotopic (exact) mass is 588 g/mol. The fourth-order valence-electron chi connectivity index (χ4n) is 4.72. The zero-order valence-electron chi connectivity index (χ0n) is 22.6. The van der Waals surface area contributed by atoms with E-state index < -0.39 is 17.8 Å². The van der Waals surface area contributed by atoms with Crippen molar-refractivity contribution < 1.29 is 23.9 Å². The Labute approximate surface area is 247 Å². The second kappa shape index (κ2) is 11.6. The maximum absolute atomic E-state index is 13.4. The summed E-state index contributed by atoms with van der Waals surface area (Å²) in [5, 5.41) is 4.99. The van der Waals surface area contributed by atoms with Crippen LogP contribution in [0.25, 0.3) is 16.8 Å². The van der Waals surface area contributed by atoms with Crippen LogP contribution in [0.2, 0.25) is 10.0 Å². The minimum atomic E-state index is -0.858. The number of hydrogen-bond acceptors (Lipinski definition) is 5. The molecule has 1 aliphatic heterocycles. The minimum Gasteiger partial charge on any atom is -0.490 e. The maximum Gasteiger partial charge on any atom is 0.335 e. The fraction of sp³-hybridized carbons (Fsp3) is 0.156. The first-order valence-corrected chi connectivity index (χ1v) is 13.7. The van der Waals surface area contributed by atoms with Crippen LogP contribution < -0.4 is 19.7 Å². The highest BCUT2D eigenvalue weighted by molar-refractivity contribution is 6.40. The van der Waals surface area contributed by atoms with Gasteiger partial charge in [0.25, 0.3) is 11.8 Å². The summed E-state index contributed by atoms with van der Waals surface area (Å²) in [6, 6.07) is 19.4. The smallest absolute Gasteiger partial charge is 0.335 e. The van der Waals surface area contributed by atoms with Gasteiger partial charge in [0, 0.05) is 10.6 Å². The van der Waals surface area contributed by atoms with Crippen molar-refractivity contribution in [2.45, 2.75) is 27.4 Å². The molecule has 0 spiro atoms. The summed E-state index contributed by atoms with van der Waals surface area (Å²) in [5.74, 6) is -0.914. The Hall–Kier alpha value is -4.33. The van der Waals surface area contributed by atoms with Crippen molar-refractivity contribution in [1.29, 1.82) is 0 Å². The molecule has 7 nitrogen and oxygen atoms in total. The molecule has 0 saturated carbocycles. The summed E-state index contributed by atoms with van der Waals surface area (Å²) in [6.07, 6.45) is 1.37. The van der Waals surface area contributed by atoms with Crippen LogP contribution in [0.1, 0.15) is 29.2 Å². The lowest BCUT2D eigenvalue weighted by atomic mass is 10.0. The van der Waals surface area contributed by atoms with Gasteiger partial charge in [-0.15, -0.1) is 0 Å². The van der Waals surface area contributed by atoms with E-state index in [4.69, 9.17) is 32.7 Å². The maximum atomic E-state index is 13.4. The third kappa shape index (κ3) is 5.64. The number of aryl methyl sites for hydroxylation is 2. The average molecular weight is 589 g/mol. The van der Waals surface area contributed by atoms with Gasteiger partial charge in [0.1, 0.15) is 12.2 Å². The Bertz CT molecular complexity index is 1750. The van der Waals surface area contributed by atoms with Gasteiger partial charge in [0.15, 0.2) is 11.5 Å². The van der Waals surface area contributed by atoms with E-state index in [0.29, 0.717) is 34.3 Å². The molecule has 0 aliphatic carbocycles. The largest absolute Gasteiger partial charge is 0.490 e. The number of hydrogen-bond donors (Lipinski definition) is 1. The summed E-state index contributed by atoms with van der Waals surface area (Å²) in [4.78, 5) is 39.7. The molecule has 4 aromatic carbocycles. The molecule has 1 saturated heterocycles. The zero-order valence-corrected chi connectivity index (χ0v) is 24.1. The molecule has 0 bridgehead atoms. The summed E-state index contributed by atoms with van der Waals surface area (Å²) in [7, 11) is 0. The second-order valence-corrected chi connectivity index (χ2v) is 10.4. The van der Waals surface area contributed by atoms with E-state index in [1.807, 2.05) is 44.2 Å². The molecule has 5 rings (SSSR count). The van der Waals surface area contributed by atoms with E-state index in [1.54, 1.807) is 31.2 Å². The third-order valence-electron chi connectivity index (χ3n) is 6.79. The fourth-order valence-corrected chi connectivity index (χ4v) is 5.16. The van der Waals surface area contributed by atoms with Crippen molar-refractivity contribution in [3.63, 3.8) is 0 Å². The molecule has 4 amide bonds. The van der Waals surface area contributed by atoms with Crippen LogP contribution in [0.5, 0.6) is 11.5 Å². The number of rotatable bonds is 7. The molecule has 208 valence electrons. The molecular formula is C32H26Cl2N2O5. The van der Waals surface area contributed by atoms with Crippen LogP contribution in [0, 0.1) is 13.8 Å². The standard InChI is InChI=1S/C32H26Cl2N2O5/c1-4-40-28-15-20(13-24-30(37)35-32(39)36(31(24)38)27-16-22(33)12-10-19(27)3)14-26(34)29(28)41-17-25-18(2)9-11-21-7-5-6-8-23(21)25/h5-16H,4,17H2,1-3H3,(H,35,37,39)/b24-13+. The van der Waals surface area contributed by atoms with E-state index in [9.17, 15) is 14.4 Å². The number of benzene rings is 4. The van der Waals surface area contributed by atoms with Gasteiger partial charge in [-0.3, -0.25) is 14.9 Å². The Morgan fingerprint density at radius 1 is 0.902 bits per heavy atom. The lowest BCUT2D eigenvalue weighted by molar-refractivity contribution is -0.122. The first-order chi connectivity index (χ1) is 19.7. The number of imide groups is 2. The second-order valence-electron chi connectivity index (χ2n) is 9.52. The summed E-state index contributed by atoms with van der Waals surface area (Å²) < 4.78 is 12.0. The topological polar surface area (TPSA) is 84.9 Å². The van der Waals surface area contributed by atoms with Crippen molar-refractivity contribution in [2.75, 3.05) is 11.5 Å². The van der Waals surface area contributed by atoms with Crippen LogP contribution in [0.15, 0.2) is 72.3 Å². The van der Waals surface area contributed by atoms with Crippen LogP contribution in [-0.2, 0) is 16.2 Å². The van der Waals surface area contributed by atoms with Gasteiger partial charge in [-0.25, -0.2) is 9.69 Å². The van der Waals surface area contributed by atoms with Gasteiger partial charge >= 0.3 is 6.03 Å². The minimum absolute atomic E-state index is 0.239. The van der Waals surface area contributed by atoms with Crippen molar-refractivity contribution in [3.8, 4) is 11.5 Å².